The molecule has 4 heteroatoms. The van der Waals surface area contributed by atoms with E-state index in [1.54, 1.807) is 0 Å². The van der Waals surface area contributed by atoms with Crippen LogP contribution in [0.15, 0.2) is 29.7 Å². The van der Waals surface area contributed by atoms with E-state index in [0.717, 1.165) is 17.5 Å². The van der Waals surface area contributed by atoms with Crippen molar-refractivity contribution in [1.82, 2.24) is 0 Å². The van der Waals surface area contributed by atoms with Gasteiger partial charge in [0.2, 0.25) is 0 Å². The molecule has 0 radical (unpaired) electrons. The van der Waals surface area contributed by atoms with Crippen molar-refractivity contribution in [3.05, 3.63) is 40.9 Å². The maximum Gasteiger partial charge on any atom is 0.492 e. The van der Waals surface area contributed by atoms with E-state index in [4.69, 9.17) is 9.31 Å². The molecule has 1 aromatic carbocycles. The van der Waals surface area contributed by atoms with Gasteiger partial charge in [-0.1, -0.05) is 37.3 Å². The molecule has 0 aromatic heterocycles. The maximum absolute atomic E-state index is 9.66. The van der Waals surface area contributed by atoms with E-state index in [9.17, 15) is 5.11 Å². The molecule has 1 fully saturated rings. The quantitative estimate of drug-likeness (QED) is 0.864. The highest BCUT2D eigenvalue weighted by Gasteiger charge is 2.52. The minimum Gasteiger partial charge on any atom is -0.400 e. The van der Waals surface area contributed by atoms with Crippen LogP contribution in [-0.2, 0) is 15.7 Å². The summed E-state index contributed by atoms with van der Waals surface area (Å²) >= 11 is 0. The smallest absolute Gasteiger partial charge is 0.400 e. The van der Waals surface area contributed by atoms with Gasteiger partial charge in [-0.05, 0) is 50.7 Å². The minimum atomic E-state index is -0.495. The van der Waals surface area contributed by atoms with Gasteiger partial charge < -0.3 is 14.4 Å². The van der Waals surface area contributed by atoms with E-state index in [1.807, 2.05) is 33.8 Å². The van der Waals surface area contributed by atoms with Gasteiger partial charge in [0.1, 0.15) is 0 Å². The van der Waals surface area contributed by atoms with Crippen molar-refractivity contribution in [3.8, 4) is 0 Å². The summed E-state index contributed by atoms with van der Waals surface area (Å²) in [4.78, 5) is 0. The number of hydrogen-bond acceptors (Lipinski definition) is 3. The normalized spacial score (nSPS) is 20.9. The molecule has 1 aliphatic rings. The largest absolute Gasteiger partial charge is 0.492 e. The number of hydrogen-bond donors (Lipinski definition) is 1. The van der Waals surface area contributed by atoms with E-state index >= 15 is 0 Å². The molecule has 114 valence electrons. The Morgan fingerprint density at radius 2 is 1.62 bits per heavy atom. The monoisotopic (exact) mass is 288 g/mol. The zero-order valence-corrected chi connectivity index (χ0v) is 13.6. The average molecular weight is 288 g/mol. The Morgan fingerprint density at radius 1 is 1.10 bits per heavy atom. The number of aryl methyl sites for hydroxylation is 1. The first-order chi connectivity index (χ1) is 9.79. The van der Waals surface area contributed by atoms with E-state index in [2.05, 4.69) is 31.2 Å². The van der Waals surface area contributed by atoms with Crippen LogP contribution in [0.2, 0.25) is 0 Å². The zero-order chi connectivity index (χ0) is 15.7. The molecule has 1 N–H and O–H groups in total. The first-order valence-corrected chi connectivity index (χ1v) is 7.55. The molecule has 0 aliphatic carbocycles. The van der Waals surface area contributed by atoms with Crippen molar-refractivity contribution in [3.63, 3.8) is 0 Å². The Balaban J connectivity index is 2.22. The minimum absolute atomic E-state index is 0.0770. The summed E-state index contributed by atoms with van der Waals surface area (Å²) in [7, 11) is -0.495. The molecule has 0 unspecified atom stereocenters. The van der Waals surface area contributed by atoms with E-state index in [-0.39, 0.29) is 6.61 Å². The van der Waals surface area contributed by atoms with Crippen LogP contribution in [0.3, 0.4) is 0 Å². The Labute approximate surface area is 128 Å². The molecule has 3 nitrogen and oxygen atoms in total. The van der Waals surface area contributed by atoms with Crippen LogP contribution in [0.4, 0.5) is 0 Å². The number of aliphatic hydroxyl groups excluding tert-OH is 1. The molecule has 1 aliphatic heterocycles. The van der Waals surface area contributed by atoms with Gasteiger partial charge in [0.05, 0.1) is 17.8 Å². The molecular weight excluding hydrogens is 263 g/mol. The van der Waals surface area contributed by atoms with Crippen molar-refractivity contribution >= 4 is 13.2 Å². The van der Waals surface area contributed by atoms with Gasteiger partial charge in [-0.15, -0.1) is 0 Å². The standard InChI is InChI=1S/C17H25BO3/c1-6-13-7-9-14(10-8-13)11-15(12-19)18-20-16(2,3)17(4,5)21-18/h7-11,19H,6,12H2,1-5H3. The molecule has 0 amide bonds. The summed E-state index contributed by atoms with van der Waals surface area (Å²) in [6, 6.07) is 8.32. The molecule has 0 saturated carbocycles. The van der Waals surface area contributed by atoms with Crippen molar-refractivity contribution < 1.29 is 14.4 Å². The molecule has 0 atom stereocenters. The predicted octanol–water partition coefficient (Wildman–Crippen LogP) is 3.26. The lowest BCUT2D eigenvalue weighted by Crippen LogP contribution is -2.41. The Kier molecular flexibility index (Phi) is 4.62. The zero-order valence-electron chi connectivity index (χ0n) is 13.6. The number of rotatable bonds is 4. The van der Waals surface area contributed by atoms with E-state index in [0.29, 0.717) is 0 Å². The molecule has 1 saturated heterocycles. The van der Waals surface area contributed by atoms with Gasteiger partial charge in [-0.25, -0.2) is 0 Å². The van der Waals surface area contributed by atoms with E-state index < -0.39 is 18.3 Å². The summed E-state index contributed by atoms with van der Waals surface area (Å²) in [5.74, 6) is 0. The molecule has 2 rings (SSSR count). The second-order valence-electron chi connectivity index (χ2n) is 6.56. The van der Waals surface area contributed by atoms with Crippen molar-refractivity contribution in [1.29, 1.82) is 0 Å². The lowest BCUT2D eigenvalue weighted by molar-refractivity contribution is 0.00578. The second kappa shape index (κ2) is 5.95. The summed E-state index contributed by atoms with van der Waals surface area (Å²) in [5, 5.41) is 9.66. The van der Waals surface area contributed by atoms with Gasteiger partial charge in [-0.3, -0.25) is 0 Å². The van der Waals surface area contributed by atoms with Crippen molar-refractivity contribution in [2.24, 2.45) is 0 Å². The highest BCUT2D eigenvalue weighted by molar-refractivity contribution is 6.55. The van der Waals surface area contributed by atoms with Gasteiger partial charge in [0.15, 0.2) is 0 Å². The van der Waals surface area contributed by atoms with Crippen molar-refractivity contribution in [2.75, 3.05) is 6.61 Å². The van der Waals surface area contributed by atoms with Crippen molar-refractivity contribution in [2.45, 2.75) is 52.2 Å². The third-order valence-corrected chi connectivity index (χ3v) is 4.48. The molecular formula is C17H25BO3. The number of benzene rings is 1. The summed E-state index contributed by atoms with van der Waals surface area (Å²) in [6.45, 7) is 10.1. The van der Waals surface area contributed by atoms with Gasteiger partial charge in [0, 0.05) is 0 Å². The molecule has 0 spiro atoms. The summed E-state index contributed by atoms with van der Waals surface area (Å²) < 4.78 is 12.0. The van der Waals surface area contributed by atoms with Crippen LogP contribution in [-0.4, -0.2) is 30.0 Å². The first-order valence-electron chi connectivity index (χ1n) is 7.55. The Hall–Kier alpha value is -1.10. The SMILES string of the molecule is CCc1ccc(C=C(CO)B2OC(C)(C)C(C)(C)O2)cc1. The summed E-state index contributed by atoms with van der Waals surface area (Å²) in [5.41, 5.74) is 2.31. The third-order valence-electron chi connectivity index (χ3n) is 4.48. The van der Waals surface area contributed by atoms with Gasteiger partial charge in [-0.2, -0.15) is 0 Å². The topological polar surface area (TPSA) is 38.7 Å². The molecule has 1 heterocycles. The fourth-order valence-corrected chi connectivity index (χ4v) is 2.25. The van der Waals surface area contributed by atoms with Crippen LogP contribution in [0.25, 0.3) is 6.08 Å². The van der Waals surface area contributed by atoms with E-state index in [1.165, 1.54) is 5.56 Å². The van der Waals surface area contributed by atoms with Crippen LogP contribution in [0, 0.1) is 0 Å². The summed E-state index contributed by atoms with van der Waals surface area (Å²) in [6.07, 6.45) is 2.97. The highest BCUT2D eigenvalue weighted by atomic mass is 16.7. The average Bonchev–Trinajstić information content (AvgIpc) is 2.65. The fraction of sp³-hybridized carbons (Fsp3) is 0.529. The van der Waals surface area contributed by atoms with Gasteiger partial charge >= 0.3 is 7.12 Å². The molecule has 21 heavy (non-hydrogen) atoms. The highest BCUT2D eigenvalue weighted by Crippen LogP contribution is 2.38. The Bertz CT molecular complexity index is 501. The first kappa shape index (κ1) is 16.3. The van der Waals surface area contributed by atoms with Crippen LogP contribution < -0.4 is 0 Å². The Morgan fingerprint density at radius 3 is 2.05 bits per heavy atom. The number of aliphatic hydroxyl groups is 1. The third kappa shape index (κ3) is 3.39. The lowest BCUT2D eigenvalue weighted by Gasteiger charge is -2.32. The maximum atomic E-state index is 9.66. The molecule has 1 aromatic rings. The predicted molar refractivity (Wildman–Crippen MR) is 87.0 cm³/mol. The van der Waals surface area contributed by atoms with Crippen LogP contribution in [0.1, 0.15) is 45.7 Å². The second-order valence-corrected chi connectivity index (χ2v) is 6.56. The van der Waals surface area contributed by atoms with Crippen LogP contribution >= 0.6 is 0 Å². The van der Waals surface area contributed by atoms with Crippen LogP contribution in [0.5, 0.6) is 0 Å². The lowest BCUT2D eigenvalue weighted by atomic mass is 9.77. The molecule has 0 bridgehead atoms. The van der Waals surface area contributed by atoms with Gasteiger partial charge in [0.25, 0.3) is 0 Å². The fourth-order valence-electron chi connectivity index (χ4n) is 2.25.